The van der Waals surface area contributed by atoms with E-state index in [2.05, 4.69) is 0 Å². The minimum absolute atomic E-state index is 0.00820. The SMILES string of the molecule is COC(=O)C1=C(C)N(c2ccc(F)cc2)C(=O)/C1=C/c1c(F)cccc1Cl. The number of hydrogen-bond donors (Lipinski definition) is 0. The number of esters is 1. The van der Waals surface area contributed by atoms with Crippen molar-refractivity contribution in [2.24, 2.45) is 0 Å². The summed E-state index contributed by atoms with van der Waals surface area (Å²) in [6, 6.07) is 9.32. The number of halogens is 3. The fourth-order valence-electron chi connectivity index (χ4n) is 2.87. The van der Waals surface area contributed by atoms with E-state index < -0.39 is 23.5 Å². The van der Waals surface area contributed by atoms with E-state index in [0.29, 0.717) is 5.69 Å². The first-order chi connectivity index (χ1) is 12.8. The monoisotopic (exact) mass is 389 g/mol. The predicted octanol–water partition coefficient (Wildman–Crippen LogP) is 4.50. The number of nitrogens with zero attached hydrogens (tertiary/aromatic N) is 1. The van der Waals surface area contributed by atoms with Gasteiger partial charge in [0.2, 0.25) is 0 Å². The zero-order chi connectivity index (χ0) is 19.7. The molecular weight excluding hydrogens is 376 g/mol. The average molecular weight is 390 g/mol. The maximum atomic E-state index is 14.2. The van der Waals surface area contributed by atoms with Crippen LogP contribution >= 0.6 is 11.6 Å². The number of allylic oxidation sites excluding steroid dienone is 1. The molecule has 0 saturated heterocycles. The van der Waals surface area contributed by atoms with Crippen molar-refractivity contribution in [2.75, 3.05) is 12.0 Å². The normalized spacial score (nSPS) is 15.7. The van der Waals surface area contributed by atoms with E-state index >= 15 is 0 Å². The molecule has 0 saturated carbocycles. The standard InChI is InChI=1S/C20H14ClF2NO3/c1-11-18(20(26)27-2)15(10-14-16(21)4-3-5-17(14)23)19(25)24(11)13-8-6-12(22)7-9-13/h3-10H,1-2H3/b15-10+. The quantitative estimate of drug-likeness (QED) is 0.573. The van der Waals surface area contributed by atoms with Crippen LogP contribution in [0.25, 0.3) is 6.08 Å². The Hall–Kier alpha value is -2.99. The summed E-state index contributed by atoms with van der Waals surface area (Å²) in [4.78, 5) is 26.5. The lowest BCUT2D eigenvalue weighted by Gasteiger charge is -2.17. The van der Waals surface area contributed by atoms with Gasteiger partial charge in [0.1, 0.15) is 11.6 Å². The van der Waals surface area contributed by atoms with Gasteiger partial charge in [0.15, 0.2) is 0 Å². The van der Waals surface area contributed by atoms with E-state index in [4.69, 9.17) is 16.3 Å². The lowest BCUT2D eigenvalue weighted by molar-refractivity contribution is -0.136. The van der Waals surface area contributed by atoms with Gasteiger partial charge in [-0.15, -0.1) is 0 Å². The van der Waals surface area contributed by atoms with Crippen molar-refractivity contribution in [1.29, 1.82) is 0 Å². The molecule has 7 heteroatoms. The third-order valence-electron chi connectivity index (χ3n) is 4.16. The van der Waals surface area contributed by atoms with Crippen LogP contribution in [0.5, 0.6) is 0 Å². The van der Waals surface area contributed by atoms with Crippen molar-refractivity contribution in [3.63, 3.8) is 0 Å². The highest BCUT2D eigenvalue weighted by Crippen LogP contribution is 2.36. The van der Waals surface area contributed by atoms with E-state index in [1.165, 1.54) is 60.6 Å². The number of methoxy groups -OCH3 is 1. The summed E-state index contributed by atoms with van der Waals surface area (Å²) < 4.78 is 32.2. The molecule has 1 aliphatic rings. The summed E-state index contributed by atoms with van der Waals surface area (Å²) in [5, 5.41) is 0.0948. The van der Waals surface area contributed by atoms with E-state index in [1.54, 1.807) is 6.92 Å². The lowest BCUT2D eigenvalue weighted by Crippen LogP contribution is -2.24. The van der Waals surface area contributed by atoms with E-state index in [9.17, 15) is 18.4 Å². The van der Waals surface area contributed by atoms with Gasteiger partial charge in [-0.05, 0) is 49.4 Å². The predicted molar refractivity (Wildman–Crippen MR) is 98.0 cm³/mol. The van der Waals surface area contributed by atoms with Gasteiger partial charge in [0, 0.05) is 16.9 Å². The van der Waals surface area contributed by atoms with Crippen LogP contribution in [0.4, 0.5) is 14.5 Å². The topological polar surface area (TPSA) is 46.6 Å². The maximum Gasteiger partial charge on any atom is 0.340 e. The van der Waals surface area contributed by atoms with Crippen LogP contribution in [-0.4, -0.2) is 19.0 Å². The van der Waals surface area contributed by atoms with Gasteiger partial charge in [-0.25, -0.2) is 13.6 Å². The summed E-state index contributed by atoms with van der Waals surface area (Å²) in [6.07, 6.45) is 1.22. The van der Waals surface area contributed by atoms with Crippen LogP contribution in [0.3, 0.4) is 0 Å². The first-order valence-corrected chi connectivity index (χ1v) is 8.28. The molecule has 27 heavy (non-hydrogen) atoms. The second-order valence-corrected chi connectivity index (χ2v) is 6.17. The number of rotatable bonds is 3. The van der Waals surface area contributed by atoms with Gasteiger partial charge in [-0.1, -0.05) is 17.7 Å². The highest BCUT2D eigenvalue weighted by Gasteiger charge is 2.38. The van der Waals surface area contributed by atoms with Gasteiger partial charge in [-0.2, -0.15) is 0 Å². The molecule has 2 aromatic rings. The van der Waals surface area contributed by atoms with Gasteiger partial charge < -0.3 is 4.74 Å². The van der Waals surface area contributed by atoms with Crippen molar-refractivity contribution in [2.45, 2.75) is 6.92 Å². The summed E-state index contributed by atoms with van der Waals surface area (Å²) >= 11 is 6.04. The number of carbonyl (C=O) groups is 2. The number of benzene rings is 2. The minimum Gasteiger partial charge on any atom is -0.465 e. The van der Waals surface area contributed by atoms with Crippen molar-refractivity contribution < 1.29 is 23.1 Å². The highest BCUT2D eigenvalue weighted by atomic mass is 35.5. The van der Waals surface area contributed by atoms with Crippen molar-refractivity contribution in [3.8, 4) is 0 Å². The molecule has 0 unspecified atom stereocenters. The molecule has 4 nitrogen and oxygen atoms in total. The largest absolute Gasteiger partial charge is 0.465 e. The average Bonchev–Trinajstić information content (AvgIpc) is 2.88. The van der Waals surface area contributed by atoms with Gasteiger partial charge >= 0.3 is 5.97 Å². The molecule has 0 bridgehead atoms. The molecule has 138 valence electrons. The van der Waals surface area contributed by atoms with Crippen LogP contribution in [0.15, 0.2) is 59.3 Å². The Kier molecular flexibility index (Phi) is 5.10. The second-order valence-electron chi connectivity index (χ2n) is 5.76. The summed E-state index contributed by atoms with van der Waals surface area (Å²) in [7, 11) is 1.18. The van der Waals surface area contributed by atoms with Crippen LogP contribution in [0.1, 0.15) is 12.5 Å². The molecule has 2 aromatic carbocycles. The molecule has 0 aliphatic carbocycles. The lowest BCUT2D eigenvalue weighted by atomic mass is 10.0. The Labute approximate surface area is 159 Å². The minimum atomic E-state index is -0.746. The van der Waals surface area contributed by atoms with Gasteiger partial charge in [0.25, 0.3) is 5.91 Å². The van der Waals surface area contributed by atoms with Crippen LogP contribution in [-0.2, 0) is 14.3 Å². The maximum absolute atomic E-state index is 14.2. The number of hydrogen-bond acceptors (Lipinski definition) is 3. The Morgan fingerprint density at radius 2 is 1.81 bits per heavy atom. The molecule has 0 aromatic heterocycles. The Morgan fingerprint density at radius 3 is 2.41 bits per heavy atom. The van der Waals surface area contributed by atoms with Crippen molar-refractivity contribution in [3.05, 3.63) is 81.5 Å². The van der Waals surface area contributed by atoms with Gasteiger partial charge in [-0.3, -0.25) is 9.69 Å². The number of amides is 1. The molecule has 0 radical (unpaired) electrons. The molecular formula is C20H14ClF2NO3. The first kappa shape index (κ1) is 18.8. The van der Waals surface area contributed by atoms with Crippen molar-refractivity contribution >= 4 is 35.2 Å². The second kappa shape index (κ2) is 7.32. The van der Waals surface area contributed by atoms with Crippen LogP contribution in [0, 0.1) is 11.6 Å². The van der Waals surface area contributed by atoms with Crippen molar-refractivity contribution in [1.82, 2.24) is 0 Å². The molecule has 0 fully saturated rings. The molecule has 0 N–H and O–H groups in total. The molecule has 1 aliphatic heterocycles. The third-order valence-corrected chi connectivity index (χ3v) is 4.49. The Bertz CT molecular complexity index is 977. The number of ether oxygens (including phenoxy) is 1. The molecule has 3 rings (SSSR count). The fraction of sp³-hybridized carbons (Fsp3) is 0.100. The zero-order valence-electron chi connectivity index (χ0n) is 14.4. The molecule has 0 spiro atoms. The number of carbonyl (C=O) groups excluding carboxylic acids is 2. The van der Waals surface area contributed by atoms with Crippen LogP contribution < -0.4 is 4.90 Å². The number of anilines is 1. The third kappa shape index (κ3) is 3.36. The smallest absolute Gasteiger partial charge is 0.340 e. The van der Waals surface area contributed by atoms with E-state index in [0.717, 1.165) is 0 Å². The summed E-state index contributed by atoms with van der Waals surface area (Å²) in [6.45, 7) is 1.55. The fourth-order valence-corrected chi connectivity index (χ4v) is 3.09. The molecule has 0 atom stereocenters. The highest BCUT2D eigenvalue weighted by molar-refractivity contribution is 6.32. The molecule has 1 heterocycles. The molecule has 1 amide bonds. The summed E-state index contributed by atoms with van der Waals surface area (Å²) in [5.41, 5.74) is 0.569. The Morgan fingerprint density at radius 1 is 1.15 bits per heavy atom. The van der Waals surface area contributed by atoms with Gasteiger partial charge in [0.05, 0.1) is 23.3 Å². The van der Waals surface area contributed by atoms with Crippen LogP contribution in [0.2, 0.25) is 5.02 Å². The first-order valence-electron chi connectivity index (χ1n) is 7.90. The van der Waals surface area contributed by atoms with E-state index in [-0.39, 0.29) is 27.4 Å². The summed E-state index contributed by atoms with van der Waals surface area (Å²) in [5.74, 6) is -2.41. The Balaban J connectivity index is 2.19. The van der Waals surface area contributed by atoms with E-state index in [1.807, 2.05) is 0 Å². The zero-order valence-corrected chi connectivity index (χ0v) is 15.2.